The van der Waals surface area contributed by atoms with E-state index in [9.17, 15) is 4.79 Å². The summed E-state index contributed by atoms with van der Waals surface area (Å²) < 4.78 is 4.78. The molecular formula is C20H24N4O2. The number of rotatable bonds is 10. The Morgan fingerprint density at radius 3 is 2.81 bits per heavy atom. The summed E-state index contributed by atoms with van der Waals surface area (Å²) >= 11 is 0. The molecule has 6 nitrogen and oxygen atoms in total. The number of nitrogens with zero attached hydrogens (tertiary/aromatic N) is 4. The molecule has 0 N–H and O–H groups in total. The van der Waals surface area contributed by atoms with E-state index in [1.54, 1.807) is 6.20 Å². The van der Waals surface area contributed by atoms with E-state index in [1.165, 1.54) is 12.7 Å². The van der Waals surface area contributed by atoms with Gasteiger partial charge in [-0.05, 0) is 53.5 Å². The number of benzene rings is 1. The smallest absolute Gasteiger partial charge is 0.305 e. The molecule has 136 valence electrons. The second-order valence-corrected chi connectivity index (χ2v) is 6.13. The largest absolute Gasteiger partial charge is 0.469 e. The first-order valence-corrected chi connectivity index (χ1v) is 8.82. The van der Waals surface area contributed by atoms with E-state index in [2.05, 4.69) is 33.2 Å². The average molecular weight is 352 g/mol. The van der Waals surface area contributed by atoms with Crippen LogP contribution in [0.4, 0.5) is 0 Å². The zero-order valence-electron chi connectivity index (χ0n) is 15.0. The fourth-order valence-electron chi connectivity index (χ4n) is 3.00. The van der Waals surface area contributed by atoms with Crippen molar-refractivity contribution in [3.8, 4) is 11.1 Å². The van der Waals surface area contributed by atoms with Gasteiger partial charge in [0, 0.05) is 30.3 Å². The molecule has 0 fully saturated rings. The number of aromatic nitrogens is 1. The molecule has 0 aliphatic heterocycles. The van der Waals surface area contributed by atoms with Gasteiger partial charge in [-0.25, -0.2) is 0 Å². The van der Waals surface area contributed by atoms with Gasteiger partial charge in [0.2, 0.25) is 0 Å². The van der Waals surface area contributed by atoms with E-state index in [4.69, 9.17) is 10.3 Å². The van der Waals surface area contributed by atoms with Crippen LogP contribution >= 0.6 is 0 Å². The highest BCUT2D eigenvalue weighted by atomic mass is 16.5. The van der Waals surface area contributed by atoms with Crippen molar-refractivity contribution in [3.05, 3.63) is 64.8 Å². The number of esters is 1. The van der Waals surface area contributed by atoms with Gasteiger partial charge in [0.05, 0.1) is 7.11 Å². The third-order valence-electron chi connectivity index (χ3n) is 4.40. The molecule has 0 bridgehead atoms. The first kappa shape index (κ1) is 19.5. The number of ether oxygens (including phenoxy) is 1. The standard InChI is InChI=1S/C20H24N4O2/c1-26-20(25)11-10-16(6-2-3-13-23-24-21)17-7-4-8-18(14-17)19-9-5-12-22-15-19/h4-5,7-9,12,14-16H,2-3,6,10-11,13H2,1H3. The normalized spacial score (nSPS) is 11.4. The lowest BCUT2D eigenvalue weighted by Gasteiger charge is -2.18. The van der Waals surface area contributed by atoms with Crippen LogP contribution in [0.15, 0.2) is 53.9 Å². The third kappa shape index (κ3) is 6.22. The van der Waals surface area contributed by atoms with Crippen molar-refractivity contribution in [2.24, 2.45) is 5.11 Å². The van der Waals surface area contributed by atoms with Crippen LogP contribution in [-0.4, -0.2) is 24.6 Å². The molecular weight excluding hydrogens is 328 g/mol. The van der Waals surface area contributed by atoms with Crippen molar-refractivity contribution in [2.45, 2.75) is 38.0 Å². The van der Waals surface area contributed by atoms with Crippen LogP contribution in [0.3, 0.4) is 0 Å². The molecule has 2 aromatic rings. The Morgan fingerprint density at radius 2 is 2.08 bits per heavy atom. The van der Waals surface area contributed by atoms with E-state index >= 15 is 0 Å². The van der Waals surface area contributed by atoms with E-state index in [0.29, 0.717) is 13.0 Å². The number of pyridine rings is 1. The van der Waals surface area contributed by atoms with Gasteiger partial charge >= 0.3 is 5.97 Å². The second kappa shape index (κ2) is 10.9. The summed E-state index contributed by atoms with van der Waals surface area (Å²) in [7, 11) is 1.42. The van der Waals surface area contributed by atoms with Gasteiger partial charge in [0.15, 0.2) is 0 Å². The zero-order valence-corrected chi connectivity index (χ0v) is 15.0. The maximum atomic E-state index is 11.6. The molecule has 0 spiro atoms. The topological polar surface area (TPSA) is 88.0 Å². The highest BCUT2D eigenvalue weighted by Gasteiger charge is 2.15. The molecule has 1 aromatic carbocycles. The van der Waals surface area contributed by atoms with Crippen LogP contribution in [0.5, 0.6) is 0 Å². The first-order chi connectivity index (χ1) is 12.7. The number of methoxy groups -OCH3 is 1. The number of hydrogen-bond donors (Lipinski definition) is 0. The van der Waals surface area contributed by atoms with Crippen molar-refractivity contribution in [3.63, 3.8) is 0 Å². The first-order valence-electron chi connectivity index (χ1n) is 8.82. The van der Waals surface area contributed by atoms with Crippen LogP contribution in [0.1, 0.15) is 43.6 Å². The summed E-state index contributed by atoms with van der Waals surface area (Å²) in [6.07, 6.45) is 7.48. The second-order valence-electron chi connectivity index (χ2n) is 6.13. The van der Waals surface area contributed by atoms with E-state index in [1.807, 2.05) is 24.4 Å². The van der Waals surface area contributed by atoms with Gasteiger partial charge in [-0.1, -0.05) is 41.9 Å². The Labute approximate surface area is 153 Å². The van der Waals surface area contributed by atoms with Gasteiger partial charge in [0.1, 0.15) is 0 Å². The summed E-state index contributed by atoms with van der Waals surface area (Å²) in [5.41, 5.74) is 11.8. The lowest BCUT2D eigenvalue weighted by Crippen LogP contribution is -2.06. The molecule has 1 atom stereocenters. The number of carbonyl (C=O) groups is 1. The maximum Gasteiger partial charge on any atom is 0.305 e. The van der Waals surface area contributed by atoms with E-state index in [-0.39, 0.29) is 11.9 Å². The molecule has 0 saturated heterocycles. The van der Waals surface area contributed by atoms with E-state index < -0.39 is 0 Å². The molecule has 1 unspecified atom stereocenters. The minimum absolute atomic E-state index is 0.188. The summed E-state index contributed by atoms with van der Waals surface area (Å²) in [4.78, 5) is 18.5. The average Bonchev–Trinajstić information content (AvgIpc) is 2.70. The molecule has 1 aromatic heterocycles. The summed E-state index contributed by atoms with van der Waals surface area (Å²) in [6.45, 7) is 0.510. The van der Waals surface area contributed by atoms with Crippen LogP contribution in [-0.2, 0) is 9.53 Å². The number of unbranched alkanes of at least 4 members (excludes halogenated alkanes) is 1. The fraction of sp³-hybridized carbons (Fsp3) is 0.400. The fourth-order valence-corrected chi connectivity index (χ4v) is 3.00. The van der Waals surface area contributed by atoms with Gasteiger partial charge in [-0.15, -0.1) is 0 Å². The van der Waals surface area contributed by atoms with Crippen LogP contribution < -0.4 is 0 Å². The van der Waals surface area contributed by atoms with Crippen molar-refractivity contribution < 1.29 is 9.53 Å². The molecule has 0 saturated carbocycles. The monoisotopic (exact) mass is 352 g/mol. The highest BCUT2D eigenvalue weighted by Crippen LogP contribution is 2.30. The molecule has 0 aliphatic carbocycles. The highest BCUT2D eigenvalue weighted by molar-refractivity contribution is 5.69. The molecule has 0 amide bonds. The predicted molar refractivity (Wildman–Crippen MR) is 102 cm³/mol. The molecule has 0 aliphatic rings. The zero-order chi connectivity index (χ0) is 18.6. The minimum Gasteiger partial charge on any atom is -0.469 e. The molecule has 1 heterocycles. The van der Waals surface area contributed by atoms with E-state index in [0.717, 1.165) is 36.8 Å². The van der Waals surface area contributed by atoms with Crippen LogP contribution in [0.25, 0.3) is 21.6 Å². The molecule has 26 heavy (non-hydrogen) atoms. The number of hydrogen-bond acceptors (Lipinski definition) is 4. The lowest BCUT2D eigenvalue weighted by atomic mass is 9.88. The maximum absolute atomic E-state index is 11.6. The van der Waals surface area contributed by atoms with Crippen LogP contribution in [0.2, 0.25) is 0 Å². The van der Waals surface area contributed by atoms with Crippen molar-refractivity contribution in [1.29, 1.82) is 0 Å². The van der Waals surface area contributed by atoms with Crippen molar-refractivity contribution in [2.75, 3.05) is 13.7 Å². The van der Waals surface area contributed by atoms with Gasteiger partial charge in [-0.2, -0.15) is 0 Å². The number of carbonyl (C=O) groups excluding carboxylic acids is 1. The Hall–Kier alpha value is -2.85. The van der Waals surface area contributed by atoms with Gasteiger partial charge < -0.3 is 4.74 Å². The quantitative estimate of drug-likeness (QED) is 0.192. The Balaban J connectivity index is 2.12. The third-order valence-corrected chi connectivity index (χ3v) is 4.40. The Kier molecular flexibility index (Phi) is 8.16. The molecule has 0 radical (unpaired) electrons. The number of azide groups is 1. The summed E-state index contributed by atoms with van der Waals surface area (Å²) in [6, 6.07) is 12.4. The van der Waals surface area contributed by atoms with Crippen molar-refractivity contribution >= 4 is 5.97 Å². The summed E-state index contributed by atoms with van der Waals surface area (Å²) in [5, 5.41) is 3.58. The Bertz CT molecular complexity index is 742. The SMILES string of the molecule is COC(=O)CCC(CCCCN=[N+]=[N-])c1cccc(-c2cccnc2)c1. The van der Waals surface area contributed by atoms with Crippen LogP contribution in [0, 0.1) is 0 Å². The molecule has 2 rings (SSSR count). The molecule has 6 heteroatoms. The minimum atomic E-state index is -0.188. The van der Waals surface area contributed by atoms with Crippen molar-refractivity contribution in [1.82, 2.24) is 4.98 Å². The predicted octanol–water partition coefficient (Wildman–Crippen LogP) is 5.27. The van der Waals surface area contributed by atoms with Gasteiger partial charge in [-0.3, -0.25) is 9.78 Å². The summed E-state index contributed by atoms with van der Waals surface area (Å²) in [5.74, 6) is 0.0734. The Morgan fingerprint density at radius 1 is 1.23 bits per heavy atom. The van der Waals surface area contributed by atoms with Gasteiger partial charge in [0.25, 0.3) is 0 Å². The lowest BCUT2D eigenvalue weighted by molar-refractivity contribution is -0.140.